The Kier molecular flexibility index (Phi) is 14.4. The van der Waals surface area contributed by atoms with Gasteiger partial charge in [-0.15, -0.1) is 9.24 Å². The Morgan fingerprint density at radius 2 is 1.89 bits per heavy atom. The zero-order chi connectivity index (χ0) is 6.41. The molecular weight excluding hydrogens is 274 g/mol. The predicted octanol–water partition coefficient (Wildman–Crippen LogP) is 2.83. The van der Waals surface area contributed by atoms with Gasteiger partial charge in [-0.2, -0.15) is 0 Å². The van der Waals surface area contributed by atoms with Crippen LogP contribution in [0, 0.1) is 38.6 Å². The molecule has 0 aliphatic rings. The van der Waals surface area contributed by atoms with Gasteiger partial charge >= 0.3 is 0 Å². The van der Waals surface area contributed by atoms with Crippen molar-refractivity contribution in [2.45, 2.75) is 45.2 Å². The molecule has 0 amide bonds. The summed E-state index contributed by atoms with van der Waals surface area (Å²) in [7, 11) is 2.88. The summed E-state index contributed by atoms with van der Waals surface area (Å²) in [5.74, 6) is 0. The summed E-state index contributed by atoms with van der Waals surface area (Å²) in [6, 6.07) is 0. The number of unbranched alkanes of at least 4 members (excludes halogenated alkanes) is 1. The molecule has 0 nitrogen and oxygen atoms in total. The zero-order valence-corrected chi connectivity index (χ0v) is 9.61. The predicted molar refractivity (Wildman–Crippen MR) is 43.3 cm³/mol. The van der Waals surface area contributed by atoms with E-state index in [1.54, 1.807) is 0 Å². The molecule has 9 heavy (non-hydrogen) atoms. The first-order valence-electron chi connectivity index (χ1n) is 3.56. The van der Waals surface area contributed by atoms with Gasteiger partial charge in [0.25, 0.3) is 0 Å². The van der Waals surface area contributed by atoms with Crippen molar-refractivity contribution in [3.8, 4) is 0 Å². The molecule has 0 heterocycles. The van der Waals surface area contributed by atoms with Gasteiger partial charge in [-0.25, -0.2) is 0 Å². The van der Waals surface area contributed by atoms with Crippen molar-refractivity contribution < 1.29 is 38.6 Å². The van der Waals surface area contributed by atoms with Crippen molar-refractivity contribution in [1.29, 1.82) is 0 Å². The van der Waals surface area contributed by atoms with Gasteiger partial charge < -0.3 is 0 Å². The van der Waals surface area contributed by atoms with Crippen molar-refractivity contribution in [2.75, 3.05) is 0 Å². The molecule has 0 aromatic carbocycles. The van der Waals surface area contributed by atoms with Crippen LogP contribution in [0.25, 0.3) is 0 Å². The van der Waals surface area contributed by atoms with Crippen LogP contribution in [0.15, 0.2) is 0 Å². The van der Waals surface area contributed by atoms with Gasteiger partial charge in [-0.05, 0) is 18.5 Å². The van der Waals surface area contributed by atoms with E-state index in [2.05, 4.69) is 23.1 Å². The minimum Gasteiger partial charge on any atom is -0.134 e. The van der Waals surface area contributed by atoms with Crippen molar-refractivity contribution in [1.82, 2.24) is 0 Å². The maximum atomic E-state index is 2.88. The van der Waals surface area contributed by atoms with Gasteiger partial charge in [0, 0.05) is 38.6 Å². The van der Waals surface area contributed by atoms with E-state index in [9.17, 15) is 0 Å². The monoisotopic (exact) mass is 291 g/mol. The first kappa shape index (κ1) is 13.3. The van der Waals surface area contributed by atoms with Crippen LogP contribution in [0.2, 0.25) is 0 Å². The summed E-state index contributed by atoms with van der Waals surface area (Å²) in [6.07, 6.45) is 5.43. The van der Waals surface area contributed by atoms with Crippen LogP contribution in [-0.2, 0) is 0 Å². The van der Waals surface area contributed by atoms with Crippen molar-refractivity contribution in [2.24, 2.45) is 0 Å². The maximum absolute atomic E-state index is 2.88. The second-order valence-electron chi connectivity index (χ2n) is 2.31. The summed E-state index contributed by atoms with van der Waals surface area (Å²) < 4.78 is 0. The molecule has 2 heteroatoms. The average Bonchev–Trinajstić information content (AvgIpc) is 1.83. The van der Waals surface area contributed by atoms with E-state index in [-0.39, 0.29) is 38.6 Å². The fourth-order valence-corrected chi connectivity index (χ4v) is 0.906. The van der Waals surface area contributed by atoms with E-state index in [1.807, 2.05) is 0 Å². The molecule has 0 aliphatic carbocycles. The fraction of sp³-hybridized carbons (Fsp3) is 1.00. The van der Waals surface area contributed by atoms with Crippen LogP contribution in [0.4, 0.5) is 0 Å². The van der Waals surface area contributed by atoms with Crippen molar-refractivity contribution in [3.05, 3.63) is 0 Å². The van der Waals surface area contributed by atoms with Crippen LogP contribution >= 0.6 is 9.24 Å². The summed E-state index contributed by atoms with van der Waals surface area (Å²) in [4.78, 5) is 0. The van der Waals surface area contributed by atoms with Crippen LogP contribution in [-0.4, -0.2) is 5.66 Å². The summed E-state index contributed by atoms with van der Waals surface area (Å²) in [5.41, 5.74) is 0.870. The normalized spacial score (nSPS) is 12.3. The van der Waals surface area contributed by atoms with Crippen LogP contribution in [0.5, 0.6) is 0 Å². The minimum absolute atomic E-state index is 0. The molecule has 0 aromatic rings. The molecule has 1 radical (unpaired) electrons. The van der Waals surface area contributed by atoms with E-state index >= 15 is 0 Å². The Hall–Kier alpha value is 1.72. The van der Waals surface area contributed by atoms with E-state index in [0.717, 1.165) is 5.66 Å². The molecule has 0 spiro atoms. The van der Waals surface area contributed by atoms with Gasteiger partial charge in [0.1, 0.15) is 0 Å². The summed E-state index contributed by atoms with van der Waals surface area (Å²) in [6.45, 7) is 4.49. The fourth-order valence-electron chi connectivity index (χ4n) is 0.670. The standard InChI is InChI=1S/C7H17P.Tb/c1-3-5-6-7(8)4-2;/h7H,3-6,8H2,1-2H3;. The second kappa shape index (κ2) is 9.72. The third kappa shape index (κ3) is 9.72. The third-order valence-corrected chi connectivity index (χ3v) is 2.26. The molecule has 2 unspecified atom stereocenters. The summed E-state index contributed by atoms with van der Waals surface area (Å²) in [5, 5.41) is 0. The Bertz CT molecular complexity index is 48.2. The maximum Gasteiger partial charge on any atom is 0 e. The smallest absolute Gasteiger partial charge is 0 e. The molecule has 0 bridgehead atoms. The van der Waals surface area contributed by atoms with E-state index in [1.165, 1.54) is 25.7 Å². The molecule has 0 aromatic heterocycles. The number of hydrogen-bond donors (Lipinski definition) is 0. The molecular formula is C7H17PTb. The van der Waals surface area contributed by atoms with Crippen LogP contribution < -0.4 is 0 Å². The van der Waals surface area contributed by atoms with Crippen molar-refractivity contribution >= 4 is 9.24 Å². The molecule has 0 fully saturated rings. The summed E-state index contributed by atoms with van der Waals surface area (Å²) >= 11 is 0. The quantitative estimate of drug-likeness (QED) is 0.699. The molecule has 0 rings (SSSR count). The topological polar surface area (TPSA) is 0 Å². The van der Waals surface area contributed by atoms with Crippen molar-refractivity contribution in [3.63, 3.8) is 0 Å². The molecule has 0 saturated heterocycles. The van der Waals surface area contributed by atoms with E-state index in [4.69, 9.17) is 0 Å². The van der Waals surface area contributed by atoms with E-state index < -0.39 is 0 Å². The Morgan fingerprint density at radius 1 is 1.33 bits per heavy atom. The minimum atomic E-state index is 0. The zero-order valence-electron chi connectivity index (χ0n) is 6.32. The second-order valence-corrected chi connectivity index (χ2v) is 3.25. The Morgan fingerprint density at radius 3 is 2.22 bits per heavy atom. The first-order valence-corrected chi connectivity index (χ1v) is 4.23. The van der Waals surface area contributed by atoms with Crippen LogP contribution in [0.1, 0.15) is 39.5 Å². The van der Waals surface area contributed by atoms with Gasteiger partial charge in [-0.3, -0.25) is 0 Å². The Balaban J connectivity index is 0. The molecule has 0 saturated carbocycles. The molecule has 2 atom stereocenters. The average molecular weight is 291 g/mol. The molecule has 0 aliphatic heterocycles. The van der Waals surface area contributed by atoms with Gasteiger partial charge in [0.05, 0.1) is 0 Å². The first-order chi connectivity index (χ1) is 3.81. The molecule has 59 valence electrons. The Labute approximate surface area is 92.2 Å². The third-order valence-electron chi connectivity index (χ3n) is 1.45. The van der Waals surface area contributed by atoms with Gasteiger partial charge in [-0.1, -0.05) is 26.7 Å². The van der Waals surface area contributed by atoms with Gasteiger partial charge in [0.15, 0.2) is 0 Å². The number of hydrogen-bond acceptors (Lipinski definition) is 0. The number of rotatable bonds is 4. The van der Waals surface area contributed by atoms with Gasteiger partial charge in [0.2, 0.25) is 0 Å². The molecule has 0 N–H and O–H groups in total. The SMILES string of the molecule is CCCCC(P)CC.[Tb]. The van der Waals surface area contributed by atoms with Crippen LogP contribution in [0.3, 0.4) is 0 Å². The van der Waals surface area contributed by atoms with E-state index in [0.29, 0.717) is 0 Å². The largest absolute Gasteiger partial charge is 0.134 e.